The van der Waals surface area contributed by atoms with Crippen LogP contribution in [0, 0.1) is 0 Å². The molecule has 2 rings (SSSR count). The van der Waals surface area contributed by atoms with E-state index in [4.69, 9.17) is 9.47 Å². The maximum Gasteiger partial charge on any atom is 0.135 e. The third kappa shape index (κ3) is 3.81. The lowest BCUT2D eigenvalue weighted by Crippen LogP contribution is -2.04. The lowest BCUT2D eigenvalue weighted by Gasteiger charge is -2.20. The first-order valence-corrected chi connectivity index (χ1v) is 8.87. The molecule has 0 fully saturated rings. The van der Waals surface area contributed by atoms with Crippen molar-refractivity contribution >= 4 is 22.9 Å². The molecule has 2 nitrogen and oxygen atoms in total. The average molecular weight is 324 g/mol. The van der Waals surface area contributed by atoms with Crippen molar-refractivity contribution in [2.24, 2.45) is 0 Å². The van der Waals surface area contributed by atoms with Crippen molar-refractivity contribution in [2.45, 2.75) is 39.5 Å². The lowest BCUT2D eigenvalue weighted by atomic mass is 9.97. The summed E-state index contributed by atoms with van der Waals surface area (Å²) in [6.45, 7) is 13.7. The van der Waals surface area contributed by atoms with Gasteiger partial charge in [0.1, 0.15) is 11.5 Å². The molecule has 24 heavy (non-hydrogen) atoms. The molecule has 0 aliphatic rings. The maximum absolute atomic E-state index is 6.13. The smallest absolute Gasteiger partial charge is 0.135 e. The van der Waals surface area contributed by atoms with Gasteiger partial charge in [-0.3, -0.25) is 0 Å². The van der Waals surface area contributed by atoms with Crippen molar-refractivity contribution in [3.8, 4) is 11.5 Å². The lowest BCUT2D eigenvalue weighted by molar-refractivity contribution is 0.305. The molecule has 0 unspecified atom stereocenters. The van der Waals surface area contributed by atoms with Crippen LogP contribution in [-0.4, -0.2) is 13.2 Å². The molecular formula is C22H28O2. The van der Waals surface area contributed by atoms with Gasteiger partial charge in [-0.15, -0.1) is 0 Å². The molecule has 2 aromatic carbocycles. The Morgan fingerprint density at radius 3 is 1.54 bits per heavy atom. The molecule has 0 bridgehead atoms. The summed E-state index contributed by atoms with van der Waals surface area (Å²) in [6, 6.07) is 8.24. The Bertz CT molecular complexity index is 640. The van der Waals surface area contributed by atoms with Gasteiger partial charge in [0.25, 0.3) is 0 Å². The summed E-state index contributed by atoms with van der Waals surface area (Å²) in [5.41, 5.74) is 1.93. The standard InChI is InChI=1S/C22H28O2/c1-5-9-15-23-21-17(7-3)18(8-4)22(24-16-10-6-2)20-14-12-11-13-19(20)21/h7-8,11-14H,3-6,9-10,15-16H2,1-2H3. The Hall–Kier alpha value is -2.22. The van der Waals surface area contributed by atoms with Gasteiger partial charge in [-0.25, -0.2) is 0 Å². The van der Waals surface area contributed by atoms with E-state index in [1.807, 2.05) is 24.3 Å². The first-order valence-electron chi connectivity index (χ1n) is 8.87. The average Bonchev–Trinajstić information content (AvgIpc) is 2.62. The second kappa shape index (κ2) is 9.17. The highest BCUT2D eigenvalue weighted by Crippen LogP contribution is 2.42. The third-order valence-electron chi connectivity index (χ3n) is 4.09. The van der Waals surface area contributed by atoms with Gasteiger partial charge in [-0.1, -0.05) is 76.3 Å². The summed E-state index contributed by atoms with van der Waals surface area (Å²) >= 11 is 0. The molecule has 2 heteroatoms. The van der Waals surface area contributed by atoms with Crippen LogP contribution in [0.5, 0.6) is 11.5 Å². The Morgan fingerprint density at radius 2 is 1.21 bits per heavy atom. The van der Waals surface area contributed by atoms with Crippen molar-refractivity contribution in [2.75, 3.05) is 13.2 Å². The van der Waals surface area contributed by atoms with E-state index in [0.717, 1.165) is 59.1 Å². The molecule has 0 spiro atoms. The molecule has 0 N–H and O–H groups in total. The van der Waals surface area contributed by atoms with Crippen LogP contribution in [-0.2, 0) is 0 Å². The highest BCUT2D eigenvalue weighted by atomic mass is 16.5. The minimum atomic E-state index is 0.702. The number of fused-ring (bicyclic) bond motifs is 1. The molecule has 0 aromatic heterocycles. The monoisotopic (exact) mass is 324 g/mol. The predicted octanol–water partition coefficient (Wildman–Crippen LogP) is 6.48. The van der Waals surface area contributed by atoms with Crippen LogP contribution in [0.1, 0.15) is 50.7 Å². The van der Waals surface area contributed by atoms with Crippen LogP contribution >= 0.6 is 0 Å². The molecule has 128 valence electrons. The second-order valence-electron chi connectivity index (χ2n) is 5.84. The minimum absolute atomic E-state index is 0.702. The van der Waals surface area contributed by atoms with Gasteiger partial charge in [-0.2, -0.15) is 0 Å². The fourth-order valence-electron chi connectivity index (χ4n) is 2.77. The van der Waals surface area contributed by atoms with Crippen molar-refractivity contribution in [1.29, 1.82) is 0 Å². The number of hydrogen-bond acceptors (Lipinski definition) is 2. The fraction of sp³-hybridized carbons (Fsp3) is 0.364. The van der Waals surface area contributed by atoms with Gasteiger partial charge in [0.15, 0.2) is 0 Å². The quantitative estimate of drug-likeness (QED) is 0.465. The van der Waals surface area contributed by atoms with E-state index in [0.29, 0.717) is 13.2 Å². The normalized spacial score (nSPS) is 10.6. The Kier molecular flexibility index (Phi) is 6.92. The van der Waals surface area contributed by atoms with Gasteiger partial charge >= 0.3 is 0 Å². The fourth-order valence-corrected chi connectivity index (χ4v) is 2.77. The summed E-state index contributed by atoms with van der Waals surface area (Å²) in [5, 5.41) is 2.14. The van der Waals surface area contributed by atoms with Crippen LogP contribution in [0.25, 0.3) is 22.9 Å². The zero-order valence-corrected chi connectivity index (χ0v) is 14.9. The minimum Gasteiger partial charge on any atom is -0.492 e. The molecule has 0 radical (unpaired) electrons. The van der Waals surface area contributed by atoms with E-state index >= 15 is 0 Å². The maximum atomic E-state index is 6.13. The molecule has 0 aliphatic heterocycles. The number of hydrogen-bond donors (Lipinski definition) is 0. The van der Waals surface area contributed by atoms with E-state index in [1.54, 1.807) is 0 Å². The highest BCUT2D eigenvalue weighted by Gasteiger charge is 2.18. The number of ether oxygens (including phenoxy) is 2. The van der Waals surface area contributed by atoms with Gasteiger partial charge in [0.2, 0.25) is 0 Å². The molecule has 0 heterocycles. The summed E-state index contributed by atoms with van der Waals surface area (Å²) in [7, 11) is 0. The zero-order chi connectivity index (χ0) is 17.4. The highest BCUT2D eigenvalue weighted by molar-refractivity contribution is 6.00. The molecule has 0 aliphatic carbocycles. The van der Waals surface area contributed by atoms with Crippen LogP contribution in [0.4, 0.5) is 0 Å². The summed E-state index contributed by atoms with van der Waals surface area (Å²) in [6.07, 6.45) is 7.96. The van der Waals surface area contributed by atoms with Crippen LogP contribution < -0.4 is 9.47 Å². The Morgan fingerprint density at radius 1 is 0.792 bits per heavy atom. The topological polar surface area (TPSA) is 18.5 Å². The largest absolute Gasteiger partial charge is 0.492 e. The predicted molar refractivity (Wildman–Crippen MR) is 105 cm³/mol. The first-order chi connectivity index (χ1) is 11.8. The van der Waals surface area contributed by atoms with E-state index in [2.05, 4.69) is 39.1 Å². The van der Waals surface area contributed by atoms with E-state index in [1.165, 1.54) is 0 Å². The first kappa shape index (κ1) is 18.1. The molecule has 0 saturated carbocycles. The summed E-state index contributed by atoms with van der Waals surface area (Å²) in [4.78, 5) is 0. The van der Waals surface area contributed by atoms with Crippen LogP contribution in [0.2, 0.25) is 0 Å². The SMILES string of the molecule is C=Cc1c(C=C)c(OCCCC)c2ccccc2c1OCCCC. The van der Waals surface area contributed by atoms with Crippen molar-refractivity contribution in [3.05, 3.63) is 48.6 Å². The van der Waals surface area contributed by atoms with Gasteiger partial charge in [-0.05, 0) is 12.8 Å². The third-order valence-corrected chi connectivity index (χ3v) is 4.09. The molecule has 0 atom stereocenters. The molecule has 2 aromatic rings. The summed E-state index contributed by atoms with van der Waals surface area (Å²) < 4.78 is 12.3. The van der Waals surface area contributed by atoms with E-state index in [-0.39, 0.29) is 0 Å². The van der Waals surface area contributed by atoms with Gasteiger partial charge in [0, 0.05) is 21.9 Å². The molecule has 0 amide bonds. The molecule has 0 saturated heterocycles. The second-order valence-corrected chi connectivity index (χ2v) is 5.84. The van der Waals surface area contributed by atoms with E-state index in [9.17, 15) is 0 Å². The van der Waals surface area contributed by atoms with Crippen molar-refractivity contribution in [3.63, 3.8) is 0 Å². The number of benzene rings is 2. The van der Waals surface area contributed by atoms with Crippen LogP contribution in [0.15, 0.2) is 37.4 Å². The van der Waals surface area contributed by atoms with Gasteiger partial charge in [0.05, 0.1) is 13.2 Å². The Labute approximate surface area is 145 Å². The van der Waals surface area contributed by atoms with Gasteiger partial charge < -0.3 is 9.47 Å². The van der Waals surface area contributed by atoms with Crippen LogP contribution in [0.3, 0.4) is 0 Å². The molecular weight excluding hydrogens is 296 g/mol. The summed E-state index contributed by atoms with van der Waals surface area (Å²) in [5.74, 6) is 1.76. The zero-order valence-electron chi connectivity index (χ0n) is 14.9. The Balaban J connectivity index is 2.61. The number of rotatable bonds is 10. The van der Waals surface area contributed by atoms with Crippen molar-refractivity contribution in [1.82, 2.24) is 0 Å². The van der Waals surface area contributed by atoms with E-state index < -0.39 is 0 Å². The number of unbranched alkanes of at least 4 members (excludes halogenated alkanes) is 2. The van der Waals surface area contributed by atoms with Crippen molar-refractivity contribution < 1.29 is 9.47 Å².